The number of hydrogen-bond donors (Lipinski definition) is 1. The standard InChI is InChI=1S/C8H12F3N3.2ClH/c1-6-7(2-3-12)4-13-14(6)5-8(9,10)11;;/h4H,2-3,5,12H2,1H3;2*1H. The van der Waals surface area contributed by atoms with E-state index in [1.165, 1.54) is 6.20 Å². The molecule has 0 amide bonds. The Hall–Kier alpha value is -0.460. The fraction of sp³-hybridized carbons (Fsp3) is 0.625. The predicted octanol–water partition coefficient (Wildman–Crippen LogP) is 2.10. The van der Waals surface area contributed by atoms with E-state index in [1.54, 1.807) is 6.92 Å². The molecule has 2 N–H and O–H groups in total. The van der Waals surface area contributed by atoms with Gasteiger partial charge in [0.15, 0.2) is 0 Å². The van der Waals surface area contributed by atoms with Crippen molar-refractivity contribution in [3.8, 4) is 0 Å². The van der Waals surface area contributed by atoms with Crippen LogP contribution in [-0.4, -0.2) is 22.5 Å². The van der Waals surface area contributed by atoms with Crippen LogP contribution in [0.15, 0.2) is 6.20 Å². The van der Waals surface area contributed by atoms with Crippen LogP contribution in [-0.2, 0) is 13.0 Å². The van der Waals surface area contributed by atoms with Crippen LogP contribution in [0, 0.1) is 6.92 Å². The lowest BCUT2D eigenvalue weighted by atomic mass is 10.2. The van der Waals surface area contributed by atoms with Crippen LogP contribution in [0.5, 0.6) is 0 Å². The SMILES string of the molecule is Cc1c(CCN)cnn1CC(F)(F)F.Cl.Cl. The molecule has 0 saturated carbocycles. The molecule has 0 radical (unpaired) electrons. The van der Waals surface area contributed by atoms with E-state index < -0.39 is 12.7 Å². The van der Waals surface area contributed by atoms with Crippen LogP contribution in [0.4, 0.5) is 13.2 Å². The van der Waals surface area contributed by atoms with Gasteiger partial charge in [-0.1, -0.05) is 0 Å². The Morgan fingerprint density at radius 2 is 1.94 bits per heavy atom. The topological polar surface area (TPSA) is 43.8 Å². The third-order valence-electron chi connectivity index (χ3n) is 1.95. The minimum Gasteiger partial charge on any atom is -0.330 e. The second-order valence-corrected chi connectivity index (χ2v) is 3.07. The fourth-order valence-electron chi connectivity index (χ4n) is 1.22. The Bertz CT molecular complexity index is 312. The van der Waals surface area contributed by atoms with Gasteiger partial charge in [0.25, 0.3) is 0 Å². The molecule has 8 heteroatoms. The van der Waals surface area contributed by atoms with E-state index in [1.807, 2.05) is 0 Å². The number of alkyl halides is 3. The lowest BCUT2D eigenvalue weighted by Gasteiger charge is -2.08. The summed E-state index contributed by atoms with van der Waals surface area (Å²) < 4.78 is 37.0. The maximum atomic E-state index is 12.0. The summed E-state index contributed by atoms with van der Waals surface area (Å²) in [6.07, 6.45) is -2.23. The number of nitrogens with zero attached hydrogens (tertiary/aromatic N) is 2. The van der Waals surface area contributed by atoms with Gasteiger partial charge in [-0.05, 0) is 25.5 Å². The van der Waals surface area contributed by atoms with Gasteiger partial charge in [0.05, 0.1) is 6.20 Å². The van der Waals surface area contributed by atoms with E-state index in [4.69, 9.17) is 5.73 Å². The first-order valence-electron chi connectivity index (χ1n) is 4.22. The molecular weight excluding hydrogens is 266 g/mol. The molecule has 0 saturated heterocycles. The molecule has 0 atom stereocenters. The number of rotatable bonds is 3. The van der Waals surface area contributed by atoms with E-state index in [9.17, 15) is 13.2 Å². The zero-order valence-corrected chi connectivity index (χ0v) is 10.3. The van der Waals surface area contributed by atoms with E-state index in [0.717, 1.165) is 10.2 Å². The molecule has 16 heavy (non-hydrogen) atoms. The Labute approximate surface area is 104 Å². The maximum absolute atomic E-state index is 12.0. The van der Waals surface area contributed by atoms with E-state index in [2.05, 4.69) is 5.10 Å². The second kappa shape index (κ2) is 6.98. The third kappa shape index (κ3) is 5.05. The number of aromatic nitrogens is 2. The van der Waals surface area contributed by atoms with Crippen molar-refractivity contribution >= 4 is 24.8 Å². The second-order valence-electron chi connectivity index (χ2n) is 3.07. The summed E-state index contributed by atoms with van der Waals surface area (Å²) in [4.78, 5) is 0. The quantitative estimate of drug-likeness (QED) is 0.921. The Kier molecular flexibility index (Phi) is 7.82. The molecule has 1 heterocycles. The van der Waals surface area contributed by atoms with Crippen LogP contribution in [0.25, 0.3) is 0 Å². The molecule has 0 aliphatic rings. The summed E-state index contributed by atoms with van der Waals surface area (Å²) in [6, 6.07) is 0. The van der Waals surface area contributed by atoms with E-state index in [-0.39, 0.29) is 24.8 Å². The van der Waals surface area contributed by atoms with Gasteiger partial charge in [0.1, 0.15) is 6.54 Å². The molecule has 1 rings (SSSR count). The highest BCUT2D eigenvalue weighted by atomic mass is 35.5. The molecule has 3 nitrogen and oxygen atoms in total. The van der Waals surface area contributed by atoms with E-state index >= 15 is 0 Å². The smallest absolute Gasteiger partial charge is 0.330 e. The maximum Gasteiger partial charge on any atom is 0.408 e. The van der Waals surface area contributed by atoms with Gasteiger partial charge in [0.2, 0.25) is 0 Å². The summed E-state index contributed by atoms with van der Waals surface area (Å²) in [5.41, 5.74) is 6.62. The Morgan fingerprint density at radius 1 is 1.38 bits per heavy atom. The highest BCUT2D eigenvalue weighted by Crippen LogP contribution is 2.19. The first-order chi connectivity index (χ1) is 6.44. The normalized spacial score (nSPS) is 10.6. The van der Waals surface area contributed by atoms with Gasteiger partial charge < -0.3 is 5.73 Å². The van der Waals surface area contributed by atoms with Crippen LogP contribution < -0.4 is 5.73 Å². The van der Waals surface area contributed by atoms with Crippen molar-refractivity contribution in [2.24, 2.45) is 5.73 Å². The van der Waals surface area contributed by atoms with Crippen molar-refractivity contribution < 1.29 is 13.2 Å². The van der Waals surface area contributed by atoms with Crippen molar-refractivity contribution in [2.45, 2.75) is 26.1 Å². The third-order valence-corrected chi connectivity index (χ3v) is 1.95. The Balaban J connectivity index is 0. The molecule has 0 aliphatic heterocycles. The van der Waals surface area contributed by atoms with Gasteiger partial charge in [-0.2, -0.15) is 18.3 Å². The zero-order valence-electron chi connectivity index (χ0n) is 8.62. The van der Waals surface area contributed by atoms with Gasteiger partial charge in [0, 0.05) is 5.69 Å². The molecule has 1 aromatic heterocycles. The predicted molar refractivity (Wildman–Crippen MR) is 60.3 cm³/mol. The molecule has 0 unspecified atom stereocenters. The zero-order chi connectivity index (χ0) is 10.8. The minimum atomic E-state index is -4.23. The number of nitrogens with two attached hydrogens (primary N) is 1. The lowest BCUT2D eigenvalue weighted by molar-refractivity contribution is -0.142. The number of halogens is 5. The number of hydrogen-bond acceptors (Lipinski definition) is 2. The highest BCUT2D eigenvalue weighted by molar-refractivity contribution is 5.85. The van der Waals surface area contributed by atoms with Gasteiger partial charge in [-0.15, -0.1) is 24.8 Å². The van der Waals surface area contributed by atoms with Crippen LogP contribution in [0.1, 0.15) is 11.3 Å². The molecule has 0 aromatic carbocycles. The summed E-state index contributed by atoms with van der Waals surface area (Å²) in [6.45, 7) is 0.992. The summed E-state index contributed by atoms with van der Waals surface area (Å²) in [5.74, 6) is 0. The molecule has 96 valence electrons. The van der Waals surface area contributed by atoms with Gasteiger partial charge >= 0.3 is 6.18 Å². The first-order valence-corrected chi connectivity index (χ1v) is 4.22. The summed E-state index contributed by atoms with van der Waals surface area (Å²) in [7, 11) is 0. The van der Waals surface area contributed by atoms with Gasteiger partial charge in [-0.25, -0.2) is 0 Å². The lowest BCUT2D eigenvalue weighted by Crippen LogP contribution is -2.19. The summed E-state index contributed by atoms with van der Waals surface area (Å²) in [5, 5.41) is 3.66. The molecular formula is C8H14Cl2F3N3. The molecule has 0 fully saturated rings. The van der Waals surface area contributed by atoms with Crippen molar-refractivity contribution in [2.75, 3.05) is 6.54 Å². The van der Waals surface area contributed by atoms with Crippen molar-refractivity contribution in [3.05, 3.63) is 17.5 Å². The van der Waals surface area contributed by atoms with Crippen molar-refractivity contribution in [1.29, 1.82) is 0 Å². The van der Waals surface area contributed by atoms with Gasteiger partial charge in [-0.3, -0.25) is 4.68 Å². The summed E-state index contributed by atoms with van der Waals surface area (Å²) >= 11 is 0. The molecule has 0 spiro atoms. The van der Waals surface area contributed by atoms with Crippen LogP contribution in [0.2, 0.25) is 0 Å². The van der Waals surface area contributed by atoms with Crippen LogP contribution >= 0.6 is 24.8 Å². The molecule has 0 aliphatic carbocycles. The van der Waals surface area contributed by atoms with E-state index in [0.29, 0.717) is 18.7 Å². The van der Waals surface area contributed by atoms with Crippen LogP contribution in [0.3, 0.4) is 0 Å². The highest BCUT2D eigenvalue weighted by Gasteiger charge is 2.29. The monoisotopic (exact) mass is 279 g/mol. The van der Waals surface area contributed by atoms with Crippen molar-refractivity contribution in [3.63, 3.8) is 0 Å². The fourth-order valence-corrected chi connectivity index (χ4v) is 1.22. The van der Waals surface area contributed by atoms with Crippen molar-refractivity contribution in [1.82, 2.24) is 9.78 Å². The largest absolute Gasteiger partial charge is 0.408 e. The average molecular weight is 280 g/mol. The molecule has 0 bridgehead atoms. The average Bonchev–Trinajstić information content (AvgIpc) is 2.34. The molecule has 1 aromatic rings. The minimum absolute atomic E-state index is 0. The Morgan fingerprint density at radius 3 is 2.38 bits per heavy atom. The first kappa shape index (κ1) is 17.9.